The number of para-hydroxylation sites is 1. The Morgan fingerprint density at radius 2 is 1.84 bits per heavy atom. The number of benzene rings is 2. The second-order valence-corrected chi connectivity index (χ2v) is 10.9. The van der Waals surface area contributed by atoms with Gasteiger partial charge in [-0.05, 0) is 49.2 Å². The van der Waals surface area contributed by atoms with Gasteiger partial charge in [0.25, 0.3) is 10.0 Å². The Hall–Kier alpha value is -3.54. The first-order chi connectivity index (χ1) is 18.3. The number of aromatic nitrogens is 3. The molecule has 0 aliphatic rings. The van der Waals surface area contributed by atoms with Crippen molar-refractivity contribution in [2.24, 2.45) is 5.73 Å². The minimum absolute atomic E-state index is 0.0382. The normalized spacial score (nSPS) is 12.5. The molecule has 3 N–H and O–H groups in total. The average Bonchev–Trinajstić information content (AvgIpc) is 3.57. The Morgan fingerprint density at radius 1 is 1.05 bits per heavy atom. The lowest BCUT2D eigenvalue weighted by atomic mass is 10.0. The van der Waals surface area contributed by atoms with Crippen LogP contribution < -0.4 is 10.0 Å². The maximum atomic E-state index is 14.0. The van der Waals surface area contributed by atoms with Crippen LogP contribution in [0.2, 0.25) is 0 Å². The van der Waals surface area contributed by atoms with Crippen molar-refractivity contribution >= 4 is 15.7 Å². The Kier molecular flexibility index (Phi) is 8.93. The number of aryl methyl sites for hydroxylation is 2. The van der Waals surface area contributed by atoms with E-state index in [4.69, 9.17) is 14.8 Å². The molecule has 4 aromatic rings. The zero-order valence-electron chi connectivity index (χ0n) is 21.6. The number of aliphatic hydroxyl groups excluding tert-OH is 1. The standard InChI is InChI=1S/C27H33N5O5S/c1-3-4-6-11-26-29-27(31-37-26)20-12-13-25(21(17-20)18-23(33)24-16-19(2)30-36-24)38(34,35)32(15-14-28)22-9-7-5-8-10-22/h5,7-10,12-13,16-17,23,33H,3-4,6,11,14-15,18,28H2,1-2H3. The summed E-state index contributed by atoms with van der Waals surface area (Å²) in [7, 11) is -4.05. The summed E-state index contributed by atoms with van der Waals surface area (Å²) in [5.74, 6) is 1.13. The van der Waals surface area contributed by atoms with E-state index >= 15 is 0 Å². The number of nitrogens with two attached hydrogens (primary N) is 1. The van der Waals surface area contributed by atoms with E-state index in [1.165, 1.54) is 10.4 Å². The quantitative estimate of drug-likeness (QED) is 0.238. The molecule has 2 heterocycles. The van der Waals surface area contributed by atoms with Crippen molar-refractivity contribution in [3.63, 3.8) is 0 Å². The van der Waals surface area contributed by atoms with Crippen molar-refractivity contribution in [1.82, 2.24) is 15.3 Å². The van der Waals surface area contributed by atoms with E-state index in [-0.39, 0.29) is 30.2 Å². The van der Waals surface area contributed by atoms with Gasteiger partial charge in [-0.25, -0.2) is 8.42 Å². The predicted octanol–water partition coefficient (Wildman–Crippen LogP) is 4.20. The number of hydrogen-bond donors (Lipinski definition) is 2. The lowest BCUT2D eigenvalue weighted by Crippen LogP contribution is -2.36. The van der Waals surface area contributed by atoms with Gasteiger partial charge in [-0.3, -0.25) is 4.31 Å². The van der Waals surface area contributed by atoms with Crippen LogP contribution in [-0.2, 0) is 22.9 Å². The van der Waals surface area contributed by atoms with Gasteiger partial charge >= 0.3 is 0 Å². The summed E-state index contributed by atoms with van der Waals surface area (Å²) in [6, 6.07) is 15.2. The van der Waals surface area contributed by atoms with Crippen molar-refractivity contribution in [2.45, 2.75) is 57.0 Å². The maximum Gasteiger partial charge on any atom is 0.264 e. The van der Waals surface area contributed by atoms with Gasteiger partial charge in [0.15, 0.2) is 5.76 Å². The fraction of sp³-hybridized carbons (Fsp3) is 0.370. The number of unbranched alkanes of at least 4 members (excludes halogenated alkanes) is 2. The highest BCUT2D eigenvalue weighted by atomic mass is 32.2. The first-order valence-corrected chi connectivity index (χ1v) is 14.1. The molecule has 0 saturated carbocycles. The van der Waals surface area contributed by atoms with Gasteiger partial charge in [-0.15, -0.1) is 0 Å². The van der Waals surface area contributed by atoms with Gasteiger partial charge in [-0.2, -0.15) is 4.98 Å². The summed E-state index contributed by atoms with van der Waals surface area (Å²) in [6.45, 7) is 4.08. The minimum Gasteiger partial charge on any atom is -0.385 e. The zero-order valence-corrected chi connectivity index (χ0v) is 22.4. The molecule has 1 atom stereocenters. The van der Waals surface area contributed by atoms with E-state index in [2.05, 4.69) is 22.2 Å². The Morgan fingerprint density at radius 3 is 2.53 bits per heavy atom. The molecule has 10 nitrogen and oxygen atoms in total. The van der Waals surface area contributed by atoms with E-state index in [1.54, 1.807) is 49.4 Å². The van der Waals surface area contributed by atoms with Gasteiger partial charge in [0.2, 0.25) is 11.7 Å². The van der Waals surface area contributed by atoms with Crippen molar-refractivity contribution in [2.75, 3.05) is 17.4 Å². The summed E-state index contributed by atoms with van der Waals surface area (Å²) in [4.78, 5) is 4.53. The molecular formula is C27H33N5O5S. The van der Waals surface area contributed by atoms with Crippen LogP contribution in [0.1, 0.15) is 55.2 Å². The van der Waals surface area contributed by atoms with E-state index < -0.39 is 16.1 Å². The smallest absolute Gasteiger partial charge is 0.264 e. The van der Waals surface area contributed by atoms with Crippen molar-refractivity contribution in [3.8, 4) is 11.4 Å². The molecule has 0 amide bonds. The lowest BCUT2D eigenvalue weighted by molar-refractivity contribution is 0.139. The summed E-state index contributed by atoms with van der Waals surface area (Å²) >= 11 is 0. The van der Waals surface area contributed by atoms with Crippen LogP contribution in [-0.4, -0.2) is 41.9 Å². The summed E-state index contributed by atoms with van der Waals surface area (Å²) in [6.07, 6.45) is 2.61. The van der Waals surface area contributed by atoms with Crippen molar-refractivity contribution < 1.29 is 22.6 Å². The van der Waals surface area contributed by atoms with Gasteiger partial charge in [0.05, 0.1) is 16.3 Å². The van der Waals surface area contributed by atoms with Crippen LogP contribution in [0.3, 0.4) is 0 Å². The molecule has 0 radical (unpaired) electrons. The molecule has 4 rings (SSSR count). The molecule has 0 aliphatic carbocycles. The first kappa shape index (κ1) is 27.5. The average molecular weight is 540 g/mol. The Bertz CT molecular complexity index is 1440. The predicted molar refractivity (Wildman–Crippen MR) is 143 cm³/mol. The monoisotopic (exact) mass is 539 g/mol. The number of hydrogen-bond acceptors (Lipinski definition) is 9. The Balaban J connectivity index is 1.75. The molecule has 0 fully saturated rings. The number of nitrogens with zero attached hydrogens (tertiary/aromatic N) is 4. The highest BCUT2D eigenvalue weighted by Crippen LogP contribution is 2.31. The molecule has 38 heavy (non-hydrogen) atoms. The molecule has 202 valence electrons. The molecule has 11 heteroatoms. The van der Waals surface area contributed by atoms with E-state index in [1.807, 2.05) is 6.07 Å². The first-order valence-electron chi connectivity index (χ1n) is 12.7. The second-order valence-electron chi connectivity index (χ2n) is 9.08. The van der Waals surface area contributed by atoms with Crippen molar-refractivity contribution in [3.05, 3.63) is 77.5 Å². The lowest BCUT2D eigenvalue weighted by Gasteiger charge is -2.25. The number of rotatable bonds is 13. The molecule has 0 saturated heterocycles. The van der Waals surface area contributed by atoms with Crippen LogP contribution in [0.4, 0.5) is 5.69 Å². The van der Waals surface area contributed by atoms with Crippen LogP contribution in [0.5, 0.6) is 0 Å². The topological polar surface area (TPSA) is 149 Å². The van der Waals surface area contributed by atoms with Gasteiger partial charge in [0.1, 0.15) is 6.10 Å². The molecule has 2 aromatic heterocycles. The number of anilines is 1. The van der Waals surface area contributed by atoms with Crippen LogP contribution >= 0.6 is 0 Å². The number of sulfonamides is 1. The van der Waals surface area contributed by atoms with E-state index in [0.29, 0.717) is 40.6 Å². The molecule has 0 spiro atoms. The van der Waals surface area contributed by atoms with Crippen LogP contribution in [0.25, 0.3) is 11.4 Å². The third-order valence-electron chi connectivity index (χ3n) is 6.11. The van der Waals surface area contributed by atoms with Gasteiger partial charge in [-0.1, -0.05) is 48.3 Å². The third kappa shape index (κ3) is 6.29. The summed E-state index contributed by atoms with van der Waals surface area (Å²) in [5, 5.41) is 18.8. The Labute approximate surface area is 222 Å². The molecule has 0 bridgehead atoms. The number of aliphatic hydroxyl groups is 1. The summed E-state index contributed by atoms with van der Waals surface area (Å²) < 4.78 is 39.8. The molecule has 2 aromatic carbocycles. The van der Waals surface area contributed by atoms with Gasteiger partial charge < -0.3 is 19.9 Å². The minimum atomic E-state index is -4.05. The van der Waals surface area contributed by atoms with E-state index in [9.17, 15) is 13.5 Å². The van der Waals surface area contributed by atoms with Crippen LogP contribution in [0, 0.1) is 6.92 Å². The second kappa shape index (κ2) is 12.3. The third-order valence-corrected chi connectivity index (χ3v) is 8.04. The fourth-order valence-corrected chi connectivity index (χ4v) is 5.89. The van der Waals surface area contributed by atoms with E-state index in [0.717, 1.165) is 19.3 Å². The highest BCUT2D eigenvalue weighted by molar-refractivity contribution is 7.92. The fourth-order valence-electron chi connectivity index (χ4n) is 4.20. The summed E-state index contributed by atoms with van der Waals surface area (Å²) in [5.41, 5.74) is 7.85. The van der Waals surface area contributed by atoms with Gasteiger partial charge in [0, 0.05) is 37.6 Å². The largest absolute Gasteiger partial charge is 0.385 e. The SMILES string of the molecule is CCCCCc1nc(-c2ccc(S(=O)(=O)N(CCN)c3ccccc3)c(CC(O)c3cc(C)no3)c2)no1. The zero-order chi connectivity index (χ0) is 27.1. The molecular weight excluding hydrogens is 506 g/mol. The molecule has 1 unspecified atom stereocenters. The highest BCUT2D eigenvalue weighted by Gasteiger charge is 2.29. The van der Waals surface area contributed by atoms with Crippen molar-refractivity contribution in [1.29, 1.82) is 0 Å². The molecule has 0 aliphatic heterocycles. The van der Waals surface area contributed by atoms with Crippen LogP contribution in [0.15, 0.2) is 68.5 Å². The maximum absolute atomic E-state index is 14.0.